The summed E-state index contributed by atoms with van der Waals surface area (Å²) < 4.78 is 0. The molecule has 0 aromatic heterocycles. The molecule has 58 valence electrons. The molecule has 4 unspecified atom stereocenters. The molecule has 0 saturated heterocycles. The normalized spacial score (nSPS) is 48.0. The van der Waals surface area contributed by atoms with E-state index in [9.17, 15) is 0 Å². The zero-order valence-electron chi connectivity index (χ0n) is 6.72. The number of fused-ring (bicyclic) bond motifs is 1. The predicted octanol–water partition coefficient (Wildman–Crippen LogP) is 1.77. The SMILES string of the molecule is CC(N)C1CCCC2CC21. The first-order valence-corrected chi connectivity index (χ1v) is 4.54. The van der Waals surface area contributed by atoms with E-state index in [1.54, 1.807) is 0 Å². The van der Waals surface area contributed by atoms with Gasteiger partial charge in [-0.3, -0.25) is 0 Å². The van der Waals surface area contributed by atoms with Crippen LogP contribution in [0.5, 0.6) is 0 Å². The third kappa shape index (κ3) is 0.968. The van der Waals surface area contributed by atoms with Crippen LogP contribution >= 0.6 is 0 Å². The molecular weight excluding hydrogens is 122 g/mol. The molecule has 0 radical (unpaired) electrons. The minimum atomic E-state index is 0.454. The summed E-state index contributed by atoms with van der Waals surface area (Å²) in [6.07, 6.45) is 5.83. The van der Waals surface area contributed by atoms with Gasteiger partial charge in [-0.2, -0.15) is 0 Å². The summed E-state index contributed by atoms with van der Waals surface area (Å²) in [5, 5.41) is 0. The lowest BCUT2D eigenvalue weighted by molar-refractivity contribution is 0.295. The Labute approximate surface area is 63.0 Å². The number of hydrogen-bond donors (Lipinski definition) is 1. The van der Waals surface area contributed by atoms with Gasteiger partial charge in [-0.15, -0.1) is 0 Å². The van der Waals surface area contributed by atoms with Gasteiger partial charge in [0, 0.05) is 6.04 Å². The van der Waals surface area contributed by atoms with Crippen molar-refractivity contribution in [3.05, 3.63) is 0 Å². The smallest absolute Gasteiger partial charge is 0.00415 e. The van der Waals surface area contributed by atoms with Crippen LogP contribution in [0.3, 0.4) is 0 Å². The lowest BCUT2D eigenvalue weighted by atomic mass is 9.85. The van der Waals surface area contributed by atoms with E-state index in [1.165, 1.54) is 25.7 Å². The standard InChI is InChI=1S/C9H17N/c1-6(10)8-4-2-3-7-5-9(7)8/h6-9H,2-5,10H2,1H3. The van der Waals surface area contributed by atoms with Crippen LogP contribution in [0.4, 0.5) is 0 Å². The van der Waals surface area contributed by atoms with Gasteiger partial charge in [0.2, 0.25) is 0 Å². The fourth-order valence-corrected chi connectivity index (χ4v) is 2.61. The maximum absolute atomic E-state index is 5.88. The van der Waals surface area contributed by atoms with E-state index >= 15 is 0 Å². The number of nitrogens with two attached hydrogens (primary N) is 1. The molecule has 4 atom stereocenters. The quantitative estimate of drug-likeness (QED) is 0.588. The summed E-state index contributed by atoms with van der Waals surface area (Å²) in [5.74, 6) is 3.00. The highest BCUT2D eigenvalue weighted by Gasteiger charge is 2.45. The maximum Gasteiger partial charge on any atom is 0.00415 e. The molecule has 0 spiro atoms. The summed E-state index contributed by atoms with van der Waals surface area (Å²) in [6, 6.07) is 0.454. The Kier molecular flexibility index (Phi) is 1.48. The van der Waals surface area contributed by atoms with Gasteiger partial charge in [-0.25, -0.2) is 0 Å². The van der Waals surface area contributed by atoms with Crippen LogP contribution in [-0.4, -0.2) is 6.04 Å². The van der Waals surface area contributed by atoms with E-state index in [0.717, 1.165) is 17.8 Å². The molecule has 1 heteroatoms. The molecule has 1 nitrogen and oxygen atoms in total. The Morgan fingerprint density at radius 2 is 2.20 bits per heavy atom. The van der Waals surface area contributed by atoms with Gasteiger partial charge in [0.1, 0.15) is 0 Å². The summed E-state index contributed by atoms with van der Waals surface area (Å²) in [5.41, 5.74) is 5.88. The molecule has 0 amide bonds. The van der Waals surface area contributed by atoms with Crippen molar-refractivity contribution in [1.29, 1.82) is 0 Å². The Morgan fingerprint density at radius 3 is 2.80 bits per heavy atom. The predicted molar refractivity (Wildman–Crippen MR) is 42.6 cm³/mol. The third-order valence-corrected chi connectivity index (χ3v) is 3.31. The second-order valence-corrected chi connectivity index (χ2v) is 4.11. The Bertz CT molecular complexity index is 131. The monoisotopic (exact) mass is 139 g/mol. The molecule has 2 rings (SSSR count). The highest BCUT2D eigenvalue weighted by atomic mass is 14.7. The van der Waals surface area contributed by atoms with Crippen LogP contribution in [0.15, 0.2) is 0 Å². The van der Waals surface area contributed by atoms with Crippen LogP contribution in [0.25, 0.3) is 0 Å². The highest BCUT2D eigenvalue weighted by molar-refractivity contribution is 4.97. The highest BCUT2D eigenvalue weighted by Crippen LogP contribution is 2.53. The Hall–Kier alpha value is -0.0400. The van der Waals surface area contributed by atoms with E-state index in [1.807, 2.05) is 0 Å². The summed E-state index contributed by atoms with van der Waals surface area (Å²) >= 11 is 0. The van der Waals surface area contributed by atoms with Crippen LogP contribution in [0, 0.1) is 17.8 Å². The minimum Gasteiger partial charge on any atom is -0.328 e. The van der Waals surface area contributed by atoms with E-state index in [0.29, 0.717) is 6.04 Å². The molecule has 0 aromatic carbocycles. The lowest BCUT2D eigenvalue weighted by Gasteiger charge is -2.24. The molecule has 0 aliphatic heterocycles. The summed E-state index contributed by atoms with van der Waals surface area (Å²) in [7, 11) is 0. The van der Waals surface area contributed by atoms with Gasteiger partial charge in [-0.05, 0) is 37.5 Å². The molecule has 2 saturated carbocycles. The van der Waals surface area contributed by atoms with Gasteiger partial charge in [-0.1, -0.05) is 12.8 Å². The number of rotatable bonds is 1. The van der Waals surface area contributed by atoms with E-state index in [2.05, 4.69) is 6.92 Å². The van der Waals surface area contributed by atoms with Gasteiger partial charge in [0.05, 0.1) is 0 Å². The fourth-order valence-electron chi connectivity index (χ4n) is 2.61. The van der Waals surface area contributed by atoms with Crippen LogP contribution in [0.2, 0.25) is 0 Å². The molecule has 2 fully saturated rings. The topological polar surface area (TPSA) is 26.0 Å². The van der Waals surface area contributed by atoms with Crippen LogP contribution < -0.4 is 5.73 Å². The molecule has 10 heavy (non-hydrogen) atoms. The first kappa shape index (κ1) is 6.66. The van der Waals surface area contributed by atoms with Crippen molar-refractivity contribution in [2.75, 3.05) is 0 Å². The van der Waals surface area contributed by atoms with Crippen molar-refractivity contribution in [3.8, 4) is 0 Å². The van der Waals surface area contributed by atoms with Crippen molar-refractivity contribution in [1.82, 2.24) is 0 Å². The molecule has 0 aromatic rings. The van der Waals surface area contributed by atoms with Crippen molar-refractivity contribution >= 4 is 0 Å². The van der Waals surface area contributed by atoms with E-state index in [-0.39, 0.29) is 0 Å². The maximum atomic E-state index is 5.88. The largest absolute Gasteiger partial charge is 0.328 e. The zero-order valence-corrected chi connectivity index (χ0v) is 6.72. The average molecular weight is 139 g/mol. The molecular formula is C9H17N. The average Bonchev–Trinajstić information content (AvgIpc) is 2.63. The zero-order chi connectivity index (χ0) is 7.14. The molecule has 0 heterocycles. The third-order valence-electron chi connectivity index (χ3n) is 3.31. The van der Waals surface area contributed by atoms with Crippen molar-refractivity contribution in [2.45, 2.75) is 38.6 Å². The second-order valence-electron chi connectivity index (χ2n) is 4.11. The molecule has 0 bridgehead atoms. The van der Waals surface area contributed by atoms with E-state index in [4.69, 9.17) is 5.73 Å². The van der Waals surface area contributed by atoms with Gasteiger partial charge >= 0.3 is 0 Å². The molecule has 2 N–H and O–H groups in total. The first-order chi connectivity index (χ1) is 4.79. The Balaban J connectivity index is 1.96. The summed E-state index contributed by atoms with van der Waals surface area (Å²) in [4.78, 5) is 0. The second kappa shape index (κ2) is 2.23. The van der Waals surface area contributed by atoms with Gasteiger partial charge < -0.3 is 5.73 Å². The Morgan fingerprint density at radius 1 is 1.40 bits per heavy atom. The van der Waals surface area contributed by atoms with Crippen molar-refractivity contribution < 1.29 is 0 Å². The van der Waals surface area contributed by atoms with Gasteiger partial charge in [0.15, 0.2) is 0 Å². The van der Waals surface area contributed by atoms with E-state index < -0.39 is 0 Å². The fraction of sp³-hybridized carbons (Fsp3) is 1.00. The van der Waals surface area contributed by atoms with Crippen LogP contribution in [0.1, 0.15) is 32.6 Å². The van der Waals surface area contributed by atoms with Crippen molar-refractivity contribution in [3.63, 3.8) is 0 Å². The van der Waals surface area contributed by atoms with Crippen molar-refractivity contribution in [2.24, 2.45) is 23.5 Å². The summed E-state index contributed by atoms with van der Waals surface area (Å²) in [6.45, 7) is 2.17. The first-order valence-electron chi connectivity index (χ1n) is 4.54. The van der Waals surface area contributed by atoms with Gasteiger partial charge in [0.25, 0.3) is 0 Å². The molecule has 2 aliphatic rings. The van der Waals surface area contributed by atoms with Crippen LogP contribution in [-0.2, 0) is 0 Å². The minimum absolute atomic E-state index is 0.454. The lowest BCUT2D eigenvalue weighted by Crippen LogP contribution is -2.30. The number of hydrogen-bond acceptors (Lipinski definition) is 1. The molecule has 2 aliphatic carbocycles.